The van der Waals surface area contributed by atoms with Gasteiger partial charge in [0.1, 0.15) is 10.9 Å². The predicted octanol–water partition coefficient (Wildman–Crippen LogP) is 2.90. The number of hydrogen-bond donors (Lipinski definition) is 1. The molecule has 1 aromatic carbocycles. The van der Waals surface area contributed by atoms with Gasteiger partial charge in [-0.2, -0.15) is 0 Å². The second-order valence-corrected chi connectivity index (χ2v) is 3.38. The molecule has 2 nitrogen and oxygen atoms in total. The highest BCUT2D eigenvalue weighted by molar-refractivity contribution is 6.30. The zero-order valence-corrected chi connectivity index (χ0v) is 7.84. The Morgan fingerprint density at radius 3 is 2.77 bits per heavy atom. The number of hydrogen-bond acceptors (Lipinski definition) is 2. The largest absolute Gasteiger partial charge is 0.508 e. The molecular weight excluding hydrogens is 186 g/mol. The van der Waals surface area contributed by atoms with E-state index in [1.807, 2.05) is 13.0 Å². The maximum Gasteiger partial charge on any atom is 0.129 e. The smallest absolute Gasteiger partial charge is 0.129 e. The van der Waals surface area contributed by atoms with Crippen LogP contribution in [-0.4, -0.2) is 10.1 Å². The van der Waals surface area contributed by atoms with E-state index < -0.39 is 0 Å². The van der Waals surface area contributed by atoms with Gasteiger partial charge in [-0.1, -0.05) is 11.6 Å². The fourth-order valence-electron chi connectivity index (χ4n) is 1.27. The normalized spacial score (nSPS) is 10.6. The molecule has 0 atom stereocenters. The molecule has 0 aliphatic carbocycles. The summed E-state index contributed by atoms with van der Waals surface area (Å²) in [4.78, 5) is 3.96. The van der Waals surface area contributed by atoms with Gasteiger partial charge in [-0.3, -0.25) is 0 Å². The molecule has 0 unspecified atom stereocenters. The van der Waals surface area contributed by atoms with Crippen LogP contribution in [0.1, 0.15) is 5.56 Å². The van der Waals surface area contributed by atoms with E-state index in [1.165, 1.54) is 0 Å². The van der Waals surface area contributed by atoms with Crippen LogP contribution < -0.4 is 0 Å². The number of pyridine rings is 1. The van der Waals surface area contributed by atoms with Crippen LogP contribution in [0.15, 0.2) is 24.4 Å². The number of phenolic OH excluding ortho intramolecular Hbond substituents is 1. The lowest BCUT2D eigenvalue weighted by atomic mass is 10.1. The molecule has 0 radical (unpaired) electrons. The van der Waals surface area contributed by atoms with Crippen molar-refractivity contribution in [1.29, 1.82) is 0 Å². The average molecular weight is 194 g/mol. The summed E-state index contributed by atoms with van der Waals surface area (Å²) in [6, 6.07) is 5.31. The predicted molar refractivity (Wildman–Crippen MR) is 53.2 cm³/mol. The Balaban J connectivity index is 2.81. The van der Waals surface area contributed by atoms with Crippen LogP contribution in [0.3, 0.4) is 0 Å². The Kier molecular flexibility index (Phi) is 1.85. The van der Waals surface area contributed by atoms with Gasteiger partial charge in [0.25, 0.3) is 0 Å². The first-order valence-corrected chi connectivity index (χ1v) is 4.29. The molecule has 1 N–H and O–H groups in total. The Morgan fingerprint density at radius 2 is 2.00 bits per heavy atom. The highest BCUT2D eigenvalue weighted by Gasteiger charge is 2.00. The second-order valence-electron chi connectivity index (χ2n) is 2.99. The van der Waals surface area contributed by atoms with Crippen LogP contribution >= 0.6 is 11.6 Å². The number of aromatic hydroxyl groups is 1. The van der Waals surface area contributed by atoms with Gasteiger partial charge in [-0.15, -0.1) is 0 Å². The maximum absolute atomic E-state index is 9.44. The van der Waals surface area contributed by atoms with Crippen molar-refractivity contribution in [3.05, 3.63) is 35.1 Å². The van der Waals surface area contributed by atoms with E-state index in [9.17, 15) is 5.11 Å². The van der Waals surface area contributed by atoms with Gasteiger partial charge in [0.15, 0.2) is 0 Å². The molecule has 66 valence electrons. The third-order valence-corrected chi connectivity index (χ3v) is 2.21. The maximum atomic E-state index is 9.44. The van der Waals surface area contributed by atoms with E-state index >= 15 is 0 Å². The zero-order chi connectivity index (χ0) is 9.42. The lowest BCUT2D eigenvalue weighted by Crippen LogP contribution is -1.80. The molecule has 1 aromatic heterocycles. The molecule has 0 aliphatic heterocycles. The lowest BCUT2D eigenvalue weighted by Gasteiger charge is -2.02. The average Bonchev–Trinajstić information content (AvgIpc) is 2.08. The molecule has 0 saturated heterocycles. The Hall–Kier alpha value is -1.28. The van der Waals surface area contributed by atoms with E-state index in [-0.39, 0.29) is 5.75 Å². The van der Waals surface area contributed by atoms with Crippen LogP contribution in [0.4, 0.5) is 0 Å². The first-order valence-electron chi connectivity index (χ1n) is 3.92. The third kappa shape index (κ3) is 1.45. The molecule has 13 heavy (non-hydrogen) atoms. The number of nitrogens with zero attached hydrogens (tertiary/aromatic N) is 1. The summed E-state index contributed by atoms with van der Waals surface area (Å²) < 4.78 is 0. The van der Waals surface area contributed by atoms with Crippen molar-refractivity contribution in [3.63, 3.8) is 0 Å². The molecule has 0 aliphatic rings. The number of phenols is 1. The van der Waals surface area contributed by atoms with Crippen LogP contribution in [0.25, 0.3) is 10.8 Å². The van der Waals surface area contributed by atoms with Gasteiger partial charge in [-0.05, 0) is 36.1 Å². The van der Waals surface area contributed by atoms with E-state index in [0.29, 0.717) is 5.15 Å². The van der Waals surface area contributed by atoms with E-state index in [2.05, 4.69) is 4.98 Å². The van der Waals surface area contributed by atoms with Crippen molar-refractivity contribution >= 4 is 22.4 Å². The van der Waals surface area contributed by atoms with Crippen molar-refractivity contribution in [2.45, 2.75) is 6.92 Å². The van der Waals surface area contributed by atoms with E-state index in [4.69, 9.17) is 11.6 Å². The lowest BCUT2D eigenvalue weighted by molar-refractivity contribution is 0.472. The Bertz CT molecular complexity index is 468. The van der Waals surface area contributed by atoms with Gasteiger partial charge in [0.2, 0.25) is 0 Å². The molecule has 0 saturated carbocycles. The molecule has 1 heterocycles. The molecule has 0 fully saturated rings. The molecular formula is C10H8ClNO. The molecule has 3 heteroatoms. The third-order valence-electron chi connectivity index (χ3n) is 2.00. The van der Waals surface area contributed by atoms with Gasteiger partial charge in [0.05, 0.1) is 0 Å². The molecule has 0 bridgehead atoms. The van der Waals surface area contributed by atoms with Crippen LogP contribution in [0.5, 0.6) is 5.75 Å². The quantitative estimate of drug-likeness (QED) is 0.653. The van der Waals surface area contributed by atoms with Crippen molar-refractivity contribution in [2.75, 3.05) is 0 Å². The number of aromatic nitrogens is 1. The Labute approximate surface area is 80.8 Å². The van der Waals surface area contributed by atoms with Crippen molar-refractivity contribution in [3.8, 4) is 5.75 Å². The molecule has 2 aromatic rings. The topological polar surface area (TPSA) is 33.1 Å². The number of fused-ring (bicyclic) bond motifs is 1. The fourth-order valence-corrected chi connectivity index (χ4v) is 1.43. The standard InChI is InChI=1S/C10H8ClNO/c1-6-2-8-5-12-10(11)4-7(8)3-9(6)13/h2-5,13H,1H3. The minimum atomic E-state index is 0.287. The van der Waals surface area contributed by atoms with Crippen LogP contribution in [0, 0.1) is 6.92 Å². The monoisotopic (exact) mass is 193 g/mol. The van der Waals surface area contributed by atoms with E-state index in [0.717, 1.165) is 16.3 Å². The fraction of sp³-hybridized carbons (Fsp3) is 0.100. The molecule has 0 spiro atoms. The van der Waals surface area contributed by atoms with Crippen LogP contribution in [-0.2, 0) is 0 Å². The minimum absolute atomic E-state index is 0.287. The number of benzene rings is 1. The van der Waals surface area contributed by atoms with Gasteiger partial charge >= 0.3 is 0 Å². The van der Waals surface area contributed by atoms with Gasteiger partial charge in [0, 0.05) is 11.6 Å². The second kappa shape index (κ2) is 2.89. The molecule has 2 rings (SSSR count). The number of halogens is 1. The zero-order valence-electron chi connectivity index (χ0n) is 7.08. The van der Waals surface area contributed by atoms with Gasteiger partial charge < -0.3 is 5.11 Å². The summed E-state index contributed by atoms with van der Waals surface area (Å²) in [6.07, 6.45) is 1.70. The number of rotatable bonds is 0. The summed E-state index contributed by atoms with van der Waals surface area (Å²) in [5.74, 6) is 0.287. The number of aryl methyl sites for hydroxylation is 1. The summed E-state index contributed by atoms with van der Waals surface area (Å²) in [5.41, 5.74) is 0.844. The minimum Gasteiger partial charge on any atom is -0.508 e. The SMILES string of the molecule is Cc1cc2cnc(Cl)cc2cc1O. The highest BCUT2D eigenvalue weighted by Crippen LogP contribution is 2.25. The van der Waals surface area contributed by atoms with Gasteiger partial charge in [-0.25, -0.2) is 4.98 Å². The summed E-state index contributed by atoms with van der Waals surface area (Å²) >= 11 is 5.72. The highest BCUT2D eigenvalue weighted by atomic mass is 35.5. The van der Waals surface area contributed by atoms with Crippen LogP contribution in [0.2, 0.25) is 5.15 Å². The first kappa shape index (κ1) is 8.32. The first-order chi connectivity index (χ1) is 6.16. The van der Waals surface area contributed by atoms with E-state index in [1.54, 1.807) is 18.3 Å². The summed E-state index contributed by atoms with van der Waals surface area (Å²) in [6.45, 7) is 1.85. The molecule has 0 amide bonds. The van der Waals surface area contributed by atoms with Crippen molar-refractivity contribution in [1.82, 2.24) is 4.98 Å². The van der Waals surface area contributed by atoms with Crippen molar-refractivity contribution < 1.29 is 5.11 Å². The summed E-state index contributed by atoms with van der Waals surface area (Å²) in [5, 5.41) is 11.8. The summed E-state index contributed by atoms with van der Waals surface area (Å²) in [7, 11) is 0. The van der Waals surface area contributed by atoms with Crippen molar-refractivity contribution in [2.24, 2.45) is 0 Å². The Morgan fingerprint density at radius 1 is 1.23 bits per heavy atom.